The van der Waals surface area contributed by atoms with Gasteiger partial charge in [0, 0.05) is 55.9 Å². The van der Waals surface area contributed by atoms with Crippen molar-refractivity contribution in [3.05, 3.63) is 48.2 Å². The number of ether oxygens (including phenoxy) is 1. The summed E-state index contributed by atoms with van der Waals surface area (Å²) in [7, 11) is 2.16. The van der Waals surface area contributed by atoms with Crippen molar-refractivity contribution in [3.63, 3.8) is 0 Å². The molecule has 1 saturated heterocycles. The van der Waals surface area contributed by atoms with Crippen LogP contribution in [0.5, 0.6) is 5.75 Å². The summed E-state index contributed by atoms with van der Waals surface area (Å²) in [6, 6.07) is 12.1. The molecule has 6 rings (SSSR count). The first-order valence-corrected chi connectivity index (χ1v) is 12.9. The number of carbonyl (C=O) groups excluding carboxylic acids is 1. The monoisotopic (exact) mass is 500 g/mol. The van der Waals surface area contributed by atoms with Gasteiger partial charge in [-0.1, -0.05) is 6.07 Å². The van der Waals surface area contributed by atoms with E-state index >= 15 is 0 Å². The molecule has 0 unspecified atom stereocenters. The smallest absolute Gasteiger partial charge is 0.266 e. The van der Waals surface area contributed by atoms with Crippen LogP contribution in [0.15, 0.2) is 42.6 Å². The number of anilines is 6. The minimum atomic E-state index is -0.0486. The van der Waals surface area contributed by atoms with Crippen LogP contribution in [0, 0.1) is 12.8 Å². The molecule has 2 fully saturated rings. The molecule has 3 aliphatic rings. The first-order valence-electron chi connectivity index (χ1n) is 12.9. The third-order valence-electron chi connectivity index (χ3n) is 7.07. The van der Waals surface area contributed by atoms with E-state index in [4.69, 9.17) is 14.7 Å². The van der Waals surface area contributed by atoms with Crippen LogP contribution >= 0.6 is 0 Å². The number of aryl methyl sites for hydroxylation is 1. The number of carbonyl (C=O) groups is 1. The number of hydrogen-bond donors (Lipinski definition) is 2. The lowest BCUT2D eigenvalue weighted by Gasteiger charge is -2.34. The molecule has 2 aromatic heterocycles. The summed E-state index contributed by atoms with van der Waals surface area (Å²) < 4.78 is 5.62. The van der Waals surface area contributed by atoms with Crippen molar-refractivity contribution in [2.24, 2.45) is 5.92 Å². The summed E-state index contributed by atoms with van der Waals surface area (Å²) >= 11 is 0. The normalized spacial score (nSPS) is 17.8. The predicted octanol–water partition coefficient (Wildman–Crippen LogP) is 3.55. The molecule has 0 spiro atoms. The number of nitrogens with zero attached hydrogens (tertiary/aromatic N) is 6. The molecule has 2 aliphatic heterocycles. The van der Waals surface area contributed by atoms with Crippen LogP contribution in [0.2, 0.25) is 0 Å². The van der Waals surface area contributed by atoms with Crippen LogP contribution in [0.3, 0.4) is 0 Å². The van der Waals surface area contributed by atoms with Gasteiger partial charge in [0.25, 0.3) is 5.91 Å². The van der Waals surface area contributed by atoms with Crippen molar-refractivity contribution in [2.45, 2.75) is 19.8 Å². The van der Waals surface area contributed by atoms with Crippen molar-refractivity contribution in [1.82, 2.24) is 19.9 Å². The van der Waals surface area contributed by atoms with Gasteiger partial charge in [-0.15, -0.1) is 0 Å². The first-order chi connectivity index (χ1) is 18.0. The second-order valence-electron chi connectivity index (χ2n) is 10.1. The fraction of sp³-hybridized carbons (Fsp3) is 0.407. The van der Waals surface area contributed by atoms with Gasteiger partial charge in [0.05, 0.1) is 0 Å². The van der Waals surface area contributed by atoms with Gasteiger partial charge >= 0.3 is 0 Å². The van der Waals surface area contributed by atoms with E-state index in [2.05, 4.69) is 50.7 Å². The second-order valence-corrected chi connectivity index (χ2v) is 10.1. The summed E-state index contributed by atoms with van der Waals surface area (Å²) in [6.07, 6.45) is 4.10. The van der Waals surface area contributed by atoms with Crippen molar-refractivity contribution in [3.8, 4) is 5.75 Å². The quantitative estimate of drug-likeness (QED) is 0.505. The zero-order valence-corrected chi connectivity index (χ0v) is 21.3. The summed E-state index contributed by atoms with van der Waals surface area (Å²) in [6.45, 7) is 6.84. The van der Waals surface area contributed by atoms with Crippen LogP contribution < -0.4 is 25.2 Å². The standard InChI is InChI=1S/C27H32N8O2/c1-18-15-28-27(29-20-4-3-5-21(14-20)34-12-10-33(2)11-13-34)32-25(18)30-23-9-8-22-26(31-23)35(16-19-6-7-19)24(36)17-37-22/h3-5,8-9,14-15,19H,6-7,10-13,16-17H2,1-2H3,(H2,28,29,30,31,32). The maximum atomic E-state index is 12.5. The minimum absolute atomic E-state index is 0.0486. The third-order valence-corrected chi connectivity index (χ3v) is 7.07. The second kappa shape index (κ2) is 9.85. The fourth-order valence-corrected chi connectivity index (χ4v) is 4.62. The Balaban J connectivity index is 1.19. The Labute approximate surface area is 216 Å². The molecule has 1 aliphatic carbocycles. The Bertz CT molecular complexity index is 1300. The molecule has 2 N–H and O–H groups in total. The number of hydrogen-bond acceptors (Lipinski definition) is 9. The number of nitrogens with one attached hydrogen (secondary N) is 2. The highest BCUT2D eigenvalue weighted by Gasteiger charge is 2.33. The number of piperazine rings is 1. The van der Waals surface area contributed by atoms with Gasteiger partial charge in [0.1, 0.15) is 11.6 Å². The Morgan fingerprint density at radius 2 is 1.89 bits per heavy atom. The number of fused-ring (bicyclic) bond motifs is 1. The molecule has 0 bridgehead atoms. The molecule has 37 heavy (non-hydrogen) atoms. The molecule has 0 atom stereocenters. The molecule has 4 heterocycles. The number of rotatable bonds is 7. The van der Waals surface area contributed by atoms with Crippen molar-refractivity contribution < 1.29 is 9.53 Å². The van der Waals surface area contributed by atoms with E-state index in [0.29, 0.717) is 41.6 Å². The highest BCUT2D eigenvalue weighted by atomic mass is 16.5. The number of likely N-dealkylation sites (N-methyl/N-ethyl adjacent to an activating group) is 1. The van der Waals surface area contributed by atoms with Crippen LogP contribution in [0.1, 0.15) is 18.4 Å². The minimum Gasteiger partial charge on any atom is -0.480 e. The molecule has 10 nitrogen and oxygen atoms in total. The molecule has 1 saturated carbocycles. The van der Waals surface area contributed by atoms with E-state index in [-0.39, 0.29) is 12.5 Å². The molecule has 10 heteroatoms. The molecular formula is C27H32N8O2. The average Bonchev–Trinajstić information content (AvgIpc) is 3.73. The van der Waals surface area contributed by atoms with Crippen LogP contribution in [0.25, 0.3) is 0 Å². The highest BCUT2D eigenvalue weighted by molar-refractivity contribution is 5.97. The number of benzene rings is 1. The van der Waals surface area contributed by atoms with Crippen molar-refractivity contribution >= 4 is 40.7 Å². The molecule has 1 aromatic carbocycles. The number of aromatic nitrogens is 3. The lowest BCUT2D eigenvalue weighted by atomic mass is 10.2. The van der Waals surface area contributed by atoms with E-state index < -0.39 is 0 Å². The van der Waals surface area contributed by atoms with E-state index in [1.807, 2.05) is 25.1 Å². The summed E-state index contributed by atoms with van der Waals surface area (Å²) in [5.74, 6) is 3.45. The lowest BCUT2D eigenvalue weighted by Crippen LogP contribution is -2.44. The van der Waals surface area contributed by atoms with E-state index in [1.54, 1.807) is 11.1 Å². The van der Waals surface area contributed by atoms with Gasteiger partial charge in [0.2, 0.25) is 5.95 Å². The van der Waals surface area contributed by atoms with Crippen molar-refractivity contribution in [2.75, 3.05) is 66.8 Å². The molecule has 0 radical (unpaired) electrons. The summed E-state index contributed by atoms with van der Waals surface area (Å²) in [5.41, 5.74) is 3.01. The van der Waals surface area contributed by atoms with Gasteiger partial charge in [-0.2, -0.15) is 4.98 Å². The van der Waals surface area contributed by atoms with E-state index in [0.717, 1.165) is 50.3 Å². The van der Waals surface area contributed by atoms with Gasteiger partial charge in [-0.3, -0.25) is 9.69 Å². The largest absolute Gasteiger partial charge is 0.480 e. The van der Waals surface area contributed by atoms with E-state index in [1.165, 1.54) is 5.69 Å². The molecule has 192 valence electrons. The van der Waals surface area contributed by atoms with Crippen molar-refractivity contribution in [1.29, 1.82) is 0 Å². The zero-order chi connectivity index (χ0) is 25.4. The number of amides is 1. The average molecular weight is 501 g/mol. The van der Waals surface area contributed by atoms with Crippen LogP contribution in [0.4, 0.5) is 34.8 Å². The summed E-state index contributed by atoms with van der Waals surface area (Å²) in [5, 5.41) is 6.66. The maximum Gasteiger partial charge on any atom is 0.266 e. The Morgan fingerprint density at radius 1 is 1.05 bits per heavy atom. The number of pyridine rings is 1. The first kappa shape index (κ1) is 23.5. The van der Waals surface area contributed by atoms with Crippen LogP contribution in [-0.2, 0) is 4.79 Å². The molecule has 3 aromatic rings. The Hall–Kier alpha value is -3.92. The fourth-order valence-electron chi connectivity index (χ4n) is 4.62. The zero-order valence-electron chi connectivity index (χ0n) is 21.3. The van der Waals surface area contributed by atoms with Gasteiger partial charge in [-0.25, -0.2) is 9.97 Å². The topological polar surface area (TPSA) is 98.8 Å². The van der Waals surface area contributed by atoms with Gasteiger partial charge in [0.15, 0.2) is 18.2 Å². The van der Waals surface area contributed by atoms with Gasteiger partial charge in [-0.05, 0) is 63.1 Å². The third kappa shape index (κ3) is 5.29. The Morgan fingerprint density at radius 3 is 2.70 bits per heavy atom. The van der Waals surface area contributed by atoms with Crippen LogP contribution in [-0.4, -0.2) is 72.1 Å². The SMILES string of the molecule is Cc1cnc(Nc2cccc(N3CCN(C)CC3)c2)nc1Nc1ccc2c(n1)N(CC1CC1)C(=O)CO2. The highest BCUT2D eigenvalue weighted by Crippen LogP contribution is 2.37. The lowest BCUT2D eigenvalue weighted by molar-refractivity contribution is -0.121. The van der Waals surface area contributed by atoms with E-state index in [9.17, 15) is 4.79 Å². The van der Waals surface area contributed by atoms with Gasteiger partial charge < -0.3 is 25.2 Å². The predicted molar refractivity (Wildman–Crippen MR) is 144 cm³/mol. The molecular weight excluding hydrogens is 468 g/mol. The maximum absolute atomic E-state index is 12.5. The molecule has 1 amide bonds. The summed E-state index contributed by atoms with van der Waals surface area (Å²) in [4.78, 5) is 32.9. The Kier molecular flexibility index (Phi) is 6.25.